The molecule has 3 N–H and O–H groups in total. The van der Waals surface area contributed by atoms with E-state index in [1.807, 2.05) is 0 Å². The van der Waals surface area contributed by atoms with Gasteiger partial charge in [-0.3, -0.25) is 4.79 Å². The summed E-state index contributed by atoms with van der Waals surface area (Å²) >= 11 is 0. The van der Waals surface area contributed by atoms with Crippen molar-refractivity contribution in [1.29, 1.82) is 0 Å². The van der Waals surface area contributed by atoms with Gasteiger partial charge >= 0.3 is 0 Å². The first-order valence-electron chi connectivity index (χ1n) is 7.46. The molecular formula is C16H21FN2O. The Balaban J connectivity index is 1.74. The van der Waals surface area contributed by atoms with Crippen molar-refractivity contribution in [3.8, 4) is 0 Å². The number of rotatable bonds is 2. The molecule has 2 saturated carbocycles. The van der Waals surface area contributed by atoms with E-state index < -0.39 is 5.82 Å². The highest BCUT2D eigenvalue weighted by molar-refractivity contribution is 5.94. The summed E-state index contributed by atoms with van der Waals surface area (Å²) in [5.41, 5.74) is 6.22. The maximum atomic E-state index is 13.7. The molecule has 2 fully saturated rings. The fraction of sp³-hybridized carbons (Fsp3) is 0.562. The average molecular weight is 276 g/mol. The Hall–Kier alpha value is -1.42. The Bertz CT molecular complexity index is 491. The van der Waals surface area contributed by atoms with Gasteiger partial charge in [0.1, 0.15) is 5.82 Å². The zero-order valence-corrected chi connectivity index (χ0v) is 11.5. The van der Waals surface area contributed by atoms with Gasteiger partial charge in [-0.2, -0.15) is 0 Å². The smallest absolute Gasteiger partial charge is 0.254 e. The summed E-state index contributed by atoms with van der Waals surface area (Å²) < 4.78 is 13.7. The zero-order valence-electron chi connectivity index (χ0n) is 11.5. The van der Waals surface area contributed by atoms with Crippen LogP contribution in [0.5, 0.6) is 0 Å². The fourth-order valence-corrected chi connectivity index (χ4v) is 3.90. The number of hydrogen-bond donors (Lipinski definition) is 2. The lowest BCUT2D eigenvalue weighted by Crippen LogP contribution is -2.53. The van der Waals surface area contributed by atoms with E-state index in [0.29, 0.717) is 11.8 Å². The van der Waals surface area contributed by atoms with Gasteiger partial charge in [0.05, 0.1) is 5.56 Å². The van der Waals surface area contributed by atoms with Gasteiger partial charge in [0, 0.05) is 12.1 Å². The molecule has 0 aliphatic heterocycles. The van der Waals surface area contributed by atoms with Crippen LogP contribution in [0.2, 0.25) is 0 Å². The van der Waals surface area contributed by atoms with E-state index in [0.717, 1.165) is 25.7 Å². The summed E-state index contributed by atoms with van der Waals surface area (Å²) in [6.45, 7) is 0. The molecule has 3 rings (SSSR count). The second-order valence-electron chi connectivity index (χ2n) is 6.16. The molecule has 0 aromatic heterocycles. The summed E-state index contributed by atoms with van der Waals surface area (Å²) in [6, 6.07) is 6.57. The van der Waals surface area contributed by atoms with Gasteiger partial charge in [-0.05, 0) is 49.7 Å². The summed E-state index contributed by atoms with van der Waals surface area (Å²) in [4.78, 5) is 12.3. The van der Waals surface area contributed by atoms with Crippen molar-refractivity contribution in [3.05, 3.63) is 35.6 Å². The number of fused-ring (bicyclic) bond motifs is 2. The van der Waals surface area contributed by atoms with Gasteiger partial charge in [0.25, 0.3) is 5.91 Å². The van der Waals surface area contributed by atoms with E-state index >= 15 is 0 Å². The predicted octanol–water partition coefficient (Wildman–Crippen LogP) is 2.46. The number of carbonyl (C=O) groups is 1. The molecule has 1 amide bonds. The number of benzene rings is 1. The molecule has 3 nitrogen and oxygen atoms in total. The number of nitrogens with two attached hydrogens (primary N) is 1. The summed E-state index contributed by atoms with van der Waals surface area (Å²) in [6.07, 6.45) is 5.39. The van der Waals surface area contributed by atoms with Crippen LogP contribution in [0.15, 0.2) is 24.3 Å². The molecule has 0 saturated heterocycles. The molecule has 0 heterocycles. The summed E-state index contributed by atoms with van der Waals surface area (Å²) in [5.74, 6) is 0.157. The molecule has 2 aliphatic carbocycles. The minimum Gasteiger partial charge on any atom is -0.349 e. The first-order valence-corrected chi connectivity index (χ1v) is 7.46. The van der Waals surface area contributed by atoms with Crippen LogP contribution < -0.4 is 11.1 Å². The quantitative estimate of drug-likeness (QED) is 0.872. The Morgan fingerprint density at radius 2 is 1.85 bits per heavy atom. The number of halogens is 1. The maximum absolute atomic E-state index is 13.7. The van der Waals surface area contributed by atoms with E-state index in [9.17, 15) is 9.18 Å². The molecule has 0 spiro atoms. The molecule has 1 aromatic carbocycles. The molecule has 2 aliphatic rings. The van der Waals surface area contributed by atoms with Crippen molar-refractivity contribution >= 4 is 5.91 Å². The van der Waals surface area contributed by atoms with Crippen molar-refractivity contribution in [2.24, 2.45) is 17.6 Å². The largest absolute Gasteiger partial charge is 0.349 e. The summed E-state index contributed by atoms with van der Waals surface area (Å²) in [7, 11) is 0. The van der Waals surface area contributed by atoms with Crippen LogP contribution in [0.1, 0.15) is 42.5 Å². The molecule has 2 bridgehead atoms. The third-order valence-electron chi connectivity index (χ3n) is 4.79. The van der Waals surface area contributed by atoms with Gasteiger partial charge in [0.15, 0.2) is 0 Å². The van der Waals surface area contributed by atoms with Crippen molar-refractivity contribution in [3.63, 3.8) is 0 Å². The lowest BCUT2D eigenvalue weighted by Gasteiger charge is -2.45. The SMILES string of the molecule is NC1CC2CCCC(C1)C2NC(=O)c1ccccc1F. The lowest BCUT2D eigenvalue weighted by molar-refractivity contribution is 0.0752. The highest BCUT2D eigenvalue weighted by Gasteiger charge is 2.40. The fourth-order valence-electron chi connectivity index (χ4n) is 3.90. The molecule has 1 aromatic rings. The second-order valence-corrected chi connectivity index (χ2v) is 6.16. The van der Waals surface area contributed by atoms with E-state index in [1.165, 1.54) is 18.6 Å². The Morgan fingerprint density at radius 1 is 1.20 bits per heavy atom. The number of nitrogens with one attached hydrogen (secondary N) is 1. The molecular weight excluding hydrogens is 255 g/mol. The number of carbonyl (C=O) groups excluding carboxylic acids is 1. The number of hydrogen-bond acceptors (Lipinski definition) is 2. The standard InChI is InChI=1S/C16H21FN2O/c17-14-7-2-1-6-13(14)16(20)19-15-10-4-3-5-11(15)9-12(18)8-10/h1-2,6-7,10-12,15H,3-5,8-9,18H2,(H,19,20). The molecule has 2 atom stereocenters. The minimum atomic E-state index is -0.456. The van der Waals surface area contributed by atoms with Gasteiger partial charge in [-0.15, -0.1) is 0 Å². The van der Waals surface area contributed by atoms with E-state index in [4.69, 9.17) is 5.73 Å². The van der Waals surface area contributed by atoms with Gasteiger partial charge in [-0.1, -0.05) is 18.6 Å². The third kappa shape index (κ3) is 2.57. The average Bonchev–Trinajstić information content (AvgIpc) is 2.40. The zero-order chi connectivity index (χ0) is 14.1. The second kappa shape index (κ2) is 5.52. The predicted molar refractivity (Wildman–Crippen MR) is 75.7 cm³/mol. The van der Waals surface area contributed by atoms with Gasteiger partial charge < -0.3 is 11.1 Å². The maximum Gasteiger partial charge on any atom is 0.254 e. The van der Waals surface area contributed by atoms with Crippen LogP contribution in [-0.2, 0) is 0 Å². The van der Waals surface area contributed by atoms with Gasteiger partial charge in [0.2, 0.25) is 0 Å². The highest BCUT2D eigenvalue weighted by atomic mass is 19.1. The Morgan fingerprint density at radius 3 is 2.50 bits per heavy atom. The van der Waals surface area contributed by atoms with Crippen LogP contribution in [0.3, 0.4) is 0 Å². The van der Waals surface area contributed by atoms with Crippen LogP contribution in [0.4, 0.5) is 4.39 Å². The van der Waals surface area contributed by atoms with Crippen molar-refractivity contribution in [2.45, 2.75) is 44.2 Å². The van der Waals surface area contributed by atoms with Crippen LogP contribution in [0.25, 0.3) is 0 Å². The Labute approximate surface area is 118 Å². The van der Waals surface area contributed by atoms with E-state index in [-0.39, 0.29) is 23.6 Å². The topological polar surface area (TPSA) is 55.1 Å². The van der Waals surface area contributed by atoms with Crippen molar-refractivity contribution in [1.82, 2.24) is 5.32 Å². The normalized spacial score (nSPS) is 32.7. The monoisotopic (exact) mass is 276 g/mol. The van der Waals surface area contributed by atoms with Crippen molar-refractivity contribution in [2.75, 3.05) is 0 Å². The number of amides is 1. The molecule has 4 heteroatoms. The molecule has 108 valence electrons. The third-order valence-corrected chi connectivity index (χ3v) is 4.79. The first-order chi connectivity index (χ1) is 9.65. The highest BCUT2D eigenvalue weighted by Crippen LogP contribution is 2.39. The van der Waals surface area contributed by atoms with Crippen LogP contribution >= 0.6 is 0 Å². The van der Waals surface area contributed by atoms with Crippen molar-refractivity contribution < 1.29 is 9.18 Å². The van der Waals surface area contributed by atoms with E-state index in [1.54, 1.807) is 12.1 Å². The minimum absolute atomic E-state index is 0.139. The molecule has 2 unspecified atom stereocenters. The van der Waals surface area contributed by atoms with Crippen LogP contribution in [0, 0.1) is 17.7 Å². The molecule has 20 heavy (non-hydrogen) atoms. The lowest BCUT2D eigenvalue weighted by atomic mass is 9.67. The summed E-state index contributed by atoms with van der Waals surface area (Å²) in [5, 5.41) is 3.06. The van der Waals surface area contributed by atoms with Gasteiger partial charge in [-0.25, -0.2) is 4.39 Å². The Kier molecular flexibility index (Phi) is 3.74. The van der Waals surface area contributed by atoms with Crippen LogP contribution in [-0.4, -0.2) is 18.0 Å². The van der Waals surface area contributed by atoms with E-state index in [2.05, 4.69) is 5.32 Å². The molecule has 0 radical (unpaired) electrons. The first kappa shape index (κ1) is 13.6.